The Morgan fingerprint density at radius 1 is 0.327 bits per heavy atom. The molecule has 3 heterocycles. The molecule has 6 nitrogen and oxygen atoms in total. The Bertz CT molecular complexity index is 2530. The summed E-state index contributed by atoms with van der Waals surface area (Å²) in [6, 6.07) is 54.9. The molecule has 3 aromatic heterocycles. The maximum Gasteiger partial charge on any atom is 0.231 e. The third-order valence-corrected chi connectivity index (χ3v) is 8.58. The highest BCUT2D eigenvalue weighted by Gasteiger charge is 2.18. The topological polar surface area (TPSA) is 77.6 Å². The molecule has 9 aromatic rings. The summed E-state index contributed by atoms with van der Waals surface area (Å²) in [5.41, 5.74) is 9.01. The average Bonchev–Trinajstić information content (AvgIpc) is 3.57. The van der Waals surface area contributed by atoms with Crippen molar-refractivity contribution in [2.45, 2.75) is 0 Å². The molecule has 0 bridgehead atoms. The zero-order valence-electron chi connectivity index (χ0n) is 26.2. The van der Waals surface area contributed by atoms with E-state index in [-0.39, 0.29) is 0 Å². The van der Waals surface area contributed by atoms with E-state index in [1.54, 1.807) is 0 Å². The second kappa shape index (κ2) is 12.1. The van der Waals surface area contributed by atoms with Gasteiger partial charge in [-0.05, 0) is 23.3 Å². The molecule has 6 aromatic carbocycles. The lowest BCUT2D eigenvalue weighted by molar-refractivity contribution is 0.653. The minimum absolute atomic E-state index is 0.571. The maximum absolute atomic E-state index is 6.25. The predicted molar refractivity (Wildman–Crippen MR) is 195 cm³/mol. The number of benzene rings is 6. The zero-order valence-corrected chi connectivity index (χ0v) is 26.2. The van der Waals surface area contributed by atoms with Crippen molar-refractivity contribution in [2.24, 2.45) is 0 Å². The molecule has 49 heavy (non-hydrogen) atoms. The molecule has 0 unspecified atom stereocenters. The lowest BCUT2D eigenvalue weighted by Gasteiger charge is -2.10. The number of aromatic nitrogens is 5. The van der Waals surface area contributed by atoms with Crippen molar-refractivity contribution in [3.05, 3.63) is 164 Å². The highest BCUT2D eigenvalue weighted by Crippen LogP contribution is 2.37. The van der Waals surface area contributed by atoms with Crippen molar-refractivity contribution >= 4 is 22.1 Å². The fraction of sp³-hybridized carbons (Fsp3) is 0. The quantitative estimate of drug-likeness (QED) is 0.182. The van der Waals surface area contributed by atoms with Crippen molar-refractivity contribution in [3.63, 3.8) is 0 Å². The Balaban J connectivity index is 1.10. The van der Waals surface area contributed by atoms with Gasteiger partial charge in [0.1, 0.15) is 5.58 Å². The van der Waals surface area contributed by atoms with Crippen molar-refractivity contribution < 1.29 is 4.42 Å². The van der Waals surface area contributed by atoms with E-state index in [0.717, 1.165) is 61.0 Å². The summed E-state index contributed by atoms with van der Waals surface area (Å²) in [4.78, 5) is 24.6. The molecule has 0 fully saturated rings. The number of nitrogens with zero attached hydrogens (tertiary/aromatic N) is 5. The van der Waals surface area contributed by atoms with Crippen LogP contribution in [0.2, 0.25) is 0 Å². The second-order valence-electron chi connectivity index (χ2n) is 11.7. The molecule has 0 saturated carbocycles. The Hall–Kier alpha value is -6.79. The van der Waals surface area contributed by atoms with Gasteiger partial charge in [0, 0.05) is 33.2 Å². The number of furan rings is 1. The van der Waals surface area contributed by atoms with Gasteiger partial charge in [-0.2, -0.15) is 4.98 Å². The van der Waals surface area contributed by atoms with Crippen molar-refractivity contribution in [1.29, 1.82) is 0 Å². The molecule has 0 aliphatic rings. The molecule has 0 amide bonds. The van der Waals surface area contributed by atoms with Crippen LogP contribution in [0, 0.1) is 0 Å². The van der Waals surface area contributed by atoms with Crippen LogP contribution in [0.25, 0.3) is 90.0 Å². The summed E-state index contributed by atoms with van der Waals surface area (Å²) in [5, 5.41) is 1.92. The van der Waals surface area contributed by atoms with Crippen LogP contribution in [-0.2, 0) is 0 Å². The smallest absolute Gasteiger partial charge is 0.231 e. The lowest BCUT2D eigenvalue weighted by atomic mass is 10.0. The molecular weight excluding hydrogens is 603 g/mol. The van der Waals surface area contributed by atoms with E-state index in [1.807, 2.05) is 109 Å². The highest BCUT2D eigenvalue weighted by atomic mass is 16.3. The fourth-order valence-corrected chi connectivity index (χ4v) is 6.14. The van der Waals surface area contributed by atoms with Crippen LogP contribution in [-0.4, -0.2) is 24.9 Å². The first kappa shape index (κ1) is 28.4. The Morgan fingerprint density at radius 3 is 1.43 bits per heavy atom. The third kappa shape index (κ3) is 5.41. The summed E-state index contributed by atoms with van der Waals surface area (Å²) >= 11 is 0. The van der Waals surface area contributed by atoms with Crippen molar-refractivity contribution in [2.75, 3.05) is 0 Å². The molecule has 0 saturated heterocycles. The van der Waals surface area contributed by atoms with Gasteiger partial charge in [0.25, 0.3) is 0 Å². The van der Waals surface area contributed by atoms with Crippen LogP contribution in [0.5, 0.6) is 0 Å². The number of hydrogen-bond donors (Lipinski definition) is 0. The van der Waals surface area contributed by atoms with E-state index in [2.05, 4.69) is 54.6 Å². The van der Waals surface area contributed by atoms with E-state index in [9.17, 15) is 0 Å². The van der Waals surface area contributed by atoms with Gasteiger partial charge >= 0.3 is 0 Å². The third-order valence-electron chi connectivity index (χ3n) is 8.58. The SMILES string of the molecule is c1ccc(-c2nc(-c3ccccc3)nc(-c3ccc(-c4cccc(-c5nc(-c6ccccc6)c6c(n5)oc5ccccc56)c4)cc3)n2)cc1. The Morgan fingerprint density at radius 2 is 0.796 bits per heavy atom. The summed E-state index contributed by atoms with van der Waals surface area (Å²) in [6.45, 7) is 0. The fourth-order valence-electron chi connectivity index (χ4n) is 6.14. The molecule has 0 atom stereocenters. The number of para-hydroxylation sites is 1. The second-order valence-corrected chi connectivity index (χ2v) is 11.7. The van der Waals surface area contributed by atoms with Crippen LogP contribution in [0.1, 0.15) is 0 Å². The molecule has 0 spiro atoms. The van der Waals surface area contributed by atoms with Crippen LogP contribution in [0.4, 0.5) is 0 Å². The Kier molecular flexibility index (Phi) is 7.02. The van der Waals surface area contributed by atoms with E-state index >= 15 is 0 Å². The summed E-state index contributed by atoms with van der Waals surface area (Å²) in [7, 11) is 0. The molecule has 0 aliphatic carbocycles. The van der Waals surface area contributed by atoms with Gasteiger partial charge < -0.3 is 4.42 Å². The minimum Gasteiger partial charge on any atom is -0.438 e. The average molecular weight is 630 g/mol. The summed E-state index contributed by atoms with van der Waals surface area (Å²) in [6.07, 6.45) is 0. The van der Waals surface area contributed by atoms with Gasteiger partial charge in [0.15, 0.2) is 23.3 Å². The van der Waals surface area contributed by atoms with Crippen LogP contribution in [0.15, 0.2) is 168 Å². The van der Waals surface area contributed by atoms with Crippen LogP contribution in [0.3, 0.4) is 0 Å². The van der Waals surface area contributed by atoms with Gasteiger partial charge in [-0.15, -0.1) is 0 Å². The molecule has 230 valence electrons. The first-order valence-corrected chi connectivity index (χ1v) is 16.1. The first-order valence-electron chi connectivity index (χ1n) is 16.1. The molecule has 0 N–H and O–H groups in total. The number of fused-ring (bicyclic) bond motifs is 3. The standard InChI is InChI=1S/C43H27N5O/c1-4-13-29(14-5-1)38-37-35-21-10-11-22-36(35)49-43(37)48-42(44-38)34-20-12-19-33(27-34)28-23-25-32(26-24-28)41-46-39(30-15-6-2-7-16-30)45-40(47-41)31-17-8-3-9-18-31/h1-27H. The largest absolute Gasteiger partial charge is 0.438 e. The monoisotopic (exact) mass is 629 g/mol. The van der Waals surface area contributed by atoms with Gasteiger partial charge in [-0.1, -0.05) is 152 Å². The van der Waals surface area contributed by atoms with Gasteiger partial charge in [-0.3, -0.25) is 0 Å². The van der Waals surface area contributed by atoms with Crippen LogP contribution < -0.4 is 0 Å². The molecular formula is C43H27N5O. The lowest BCUT2D eigenvalue weighted by Crippen LogP contribution is -2.00. The summed E-state index contributed by atoms with van der Waals surface area (Å²) < 4.78 is 6.25. The maximum atomic E-state index is 6.25. The molecule has 6 heteroatoms. The van der Waals surface area contributed by atoms with Gasteiger partial charge in [-0.25, -0.2) is 19.9 Å². The van der Waals surface area contributed by atoms with E-state index in [1.165, 1.54) is 0 Å². The zero-order chi connectivity index (χ0) is 32.6. The molecule has 0 aliphatic heterocycles. The van der Waals surface area contributed by atoms with E-state index < -0.39 is 0 Å². The Labute approximate surface area is 282 Å². The van der Waals surface area contributed by atoms with E-state index in [0.29, 0.717) is 29.0 Å². The van der Waals surface area contributed by atoms with E-state index in [4.69, 9.17) is 29.3 Å². The normalized spacial score (nSPS) is 11.3. The van der Waals surface area contributed by atoms with Crippen molar-refractivity contribution in [3.8, 4) is 67.9 Å². The van der Waals surface area contributed by atoms with Gasteiger partial charge in [0.2, 0.25) is 5.71 Å². The van der Waals surface area contributed by atoms with Gasteiger partial charge in [0.05, 0.1) is 11.1 Å². The molecule has 0 radical (unpaired) electrons. The minimum atomic E-state index is 0.571. The van der Waals surface area contributed by atoms with Crippen LogP contribution >= 0.6 is 0 Å². The molecule has 9 rings (SSSR count). The van der Waals surface area contributed by atoms with Crippen molar-refractivity contribution in [1.82, 2.24) is 24.9 Å². The summed E-state index contributed by atoms with van der Waals surface area (Å²) in [5.74, 6) is 2.50. The number of hydrogen-bond acceptors (Lipinski definition) is 6. The number of rotatable bonds is 6. The predicted octanol–water partition coefficient (Wildman–Crippen LogP) is 10.6. The highest BCUT2D eigenvalue weighted by molar-refractivity contribution is 6.10. The first-order chi connectivity index (χ1) is 24.3.